The molecule has 2 rings (SSSR count). The molecular weight excluding hydrogens is 314 g/mol. The van der Waals surface area contributed by atoms with E-state index in [9.17, 15) is 18.4 Å². The Morgan fingerprint density at radius 2 is 1.71 bits per heavy atom. The van der Waals surface area contributed by atoms with Crippen LogP contribution >= 0.6 is 0 Å². The predicted octanol–water partition coefficient (Wildman–Crippen LogP) is 3.31. The number of halogens is 2. The quantitative estimate of drug-likeness (QED) is 0.865. The van der Waals surface area contributed by atoms with E-state index >= 15 is 0 Å². The molecular formula is C18H24F2N2O2. The summed E-state index contributed by atoms with van der Waals surface area (Å²) < 4.78 is 26.3. The van der Waals surface area contributed by atoms with Crippen molar-refractivity contribution in [1.29, 1.82) is 0 Å². The van der Waals surface area contributed by atoms with Gasteiger partial charge in [-0.1, -0.05) is 32.1 Å². The van der Waals surface area contributed by atoms with E-state index < -0.39 is 17.5 Å². The van der Waals surface area contributed by atoms with E-state index in [1.807, 2.05) is 0 Å². The van der Waals surface area contributed by atoms with Gasteiger partial charge in [-0.25, -0.2) is 8.78 Å². The second-order valence-electron chi connectivity index (χ2n) is 6.24. The summed E-state index contributed by atoms with van der Waals surface area (Å²) in [5.74, 6) is -2.40. The average Bonchev–Trinajstić information content (AvgIpc) is 2.49. The van der Waals surface area contributed by atoms with Gasteiger partial charge in [-0.15, -0.1) is 0 Å². The molecule has 1 aliphatic rings. The highest BCUT2D eigenvalue weighted by Gasteiger charge is 2.15. The van der Waals surface area contributed by atoms with Crippen LogP contribution in [0.2, 0.25) is 0 Å². The van der Waals surface area contributed by atoms with E-state index in [-0.39, 0.29) is 30.5 Å². The lowest BCUT2D eigenvalue weighted by Crippen LogP contribution is -2.37. The fourth-order valence-corrected chi connectivity index (χ4v) is 2.96. The van der Waals surface area contributed by atoms with Crippen LogP contribution in [-0.4, -0.2) is 24.4 Å². The Morgan fingerprint density at radius 1 is 1.04 bits per heavy atom. The normalized spacial score (nSPS) is 16.1. The third-order valence-electron chi connectivity index (χ3n) is 4.28. The van der Waals surface area contributed by atoms with Crippen molar-refractivity contribution < 1.29 is 18.4 Å². The molecule has 0 heterocycles. The van der Waals surface area contributed by atoms with Gasteiger partial charge in [-0.05, 0) is 25.0 Å². The molecule has 0 unspecified atom stereocenters. The minimum atomic E-state index is -0.911. The molecule has 132 valence electrons. The summed E-state index contributed by atoms with van der Waals surface area (Å²) in [5, 5.41) is 5.49. The summed E-state index contributed by atoms with van der Waals surface area (Å²) in [6.07, 6.45) is 8.10. The molecule has 0 saturated heterocycles. The minimum Gasteiger partial charge on any atom is -0.353 e. The maximum absolute atomic E-state index is 13.5. The zero-order valence-corrected chi connectivity index (χ0v) is 13.7. The van der Waals surface area contributed by atoms with Crippen molar-refractivity contribution in [1.82, 2.24) is 10.6 Å². The smallest absolute Gasteiger partial charge is 0.254 e. The van der Waals surface area contributed by atoms with Gasteiger partial charge >= 0.3 is 0 Å². The summed E-state index contributed by atoms with van der Waals surface area (Å²) in [6.45, 7) is 0.119. The Bertz CT molecular complexity index is 570. The molecule has 0 aromatic heterocycles. The van der Waals surface area contributed by atoms with Crippen molar-refractivity contribution in [2.24, 2.45) is 0 Å². The first kappa shape index (κ1) is 18.4. The van der Waals surface area contributed by atoms with Gasteiger partial charge < -0.3 is 10.6 Å². The number of carbonyl (C=O) groups excluding carboxylic acids is 2. The van der Waals surface area contributed by atoms with E-state index in [2.05, 4.69) is 10.6 Å². The second kappa shape index (κ2) is 9.35. The second-order valence-corrected chi connectivity index (χ2v) is 6.24. The van der Waals surface area contributed by atoms with Gasteiger partial charge in [-0.3, -0.25) is 9.59 Å². The van der Waals surface area contributed by atoms with Crippen molar-refractivity contribution >= 4 is 11.8 Å². The van der Waals surface area contributed by atoms with Gasteiger partial charge in [0.2, 0.25) is 5.91 Å². The molecule has 0 atom stereocenters. The first-order valence-corrected chi connectivity index (χ1v) is 8.59. The van der Waals surface area contributed by atoms with Gasteiger partial charge in [0.05, 0.1) is 5.56 Å². The topological polar surface area (TPSA) is 58.2 Å². The van der Waals surface area contributed by atoms with E-state index in [0.29, 0.717) is 6.07 Å². The zero-order valence-electron chi connectivity index (χ0n) is 13.7. The molecule has 6 heteroatoms. The highest BCUT2D eigenvalue weighted by Crippen LogP contribution is 2.17. The molecule has 1 aliphatic carbocycles. The van der Waals surface area contributed by atoms with Crippen molar-refractivity contribution in [3.8, 4) is 0 Å². The standard InChI is InChI=1S/C18H24F2N2O2/c19-13-8-9-15(16(20)12-13)18(24)21-11-10-17(23)22-14-6-4-2-1-3-5-7-14/h8-9,12,14H,1-7,10-11H2,(H,21,24)(H,22,23). The largest absolute Gasteiger partial charge is 0.353 e. The molecule has 0 bridgehead atoms. The van der Waals surface area contributed by atoms with Gasteiger partial charge in [0.25, 0.3) is 5.91 Å². The predicted molar refractivity (Wildman–Crippen MR) is 87.6 cm³/mol. The van der Waals surface area contributed by atoms with Crippen LogP contribution < -0.4 is 10.6 Å². The van der Waals surface area contributed by atoms with E-state index in [4.69, 9.17) is 0 Å². The summed E-state index contributed by atoms with van der Waals surface area (Å²) in [4.78, 5) is 23.8. The molecule has 1 fully saturated rings. The van der Waals surface area contributed by atoms with Crippen LogP contribution in [0.1, 0.15) is 61.7 Å². The van der Waals surface area contributed by atoms with E-state index in [1.54, 1.807) is 0 Å². The zero-order chi connectivity index (χ0) is 17.4. The molecule has 2 N–H and O–H groups in total. The van der Waals surface area contributed by atoms with Gasteiger partial charge in [0.15, 0.2) is 0 Å². The number of hydrogen-bond acceptors (Lipinski definition) is 2. The number of hydrogen-bond donors (Lipinski definition) is 2. The van der Waals surface area contributed by atoms with Crippen molar-refractivity contribution in [2.45, 2.75) is 57.4 Å². The molecule has 1 saturated carbocycles. The summed E-state index contributed by atoms with van der Waals surface area (Å²) in [7, 11) is 0. The summed E-state index contributed by atoms with van der Waals surface area (Å²) in [5.41, 5.74) is -0.225. The third kappa shape index (κ3) is 5.91. The fraction of sp³-hybridized carbons (Fsp3) is 0.556. The Balaban J connectivity index is 1.72. The highest BCUT2D eigenvalue weighted by molar-refractivity contribution is 5.94. The number of carbonyl (C=O) groups is 2. The van der Waals surface area contributed by atoms with E-state index in [0.717, 1.165) is 37.8 Å². The summed E-state index contributed by atoms with van der Waals surface area (Å²) >= 11 is 0. The lowest BCUT2D eigenvalue weighted by Gasteiger charge is -2.21. The van der Waals surface area contributed by atoms with Crippen molar-refractivity contribution in [3.05, 3.63) is 35.4 Å². The molecule has 2 amide bonds. The lowest BCUT2D eigenvalue weighted by atomic mass is 9.96. The molecule has 1 aromatic carbocycles. The fourth-order valence-electron chi connectivity index (χ4n) is 2.96. The lowest BCUT2D eigenvalue weighted by molar-refractivity contribution is -0.121. The van der Waals surface area contributed by atoms with Crippen LogP contribution in [0, 0.1) is 11.6 Å². The number of nitrogens with one attached hydrogen (secondary N) is 2. The number of rotatable bonds is 5. The Labute approximate surface area is 141 Å². The maximum Gasteiger partial charge on any atom is 0.254 e. The number of benzene rings is 1. The first-order chi connectivity index (χ1) is 11.6. The Hall–Kier alpha value is -1.98. The SMILES string of the molecule is O=C(CCNC(=O)c1ccc(F)cc1F)NC1CCCCCCC1. The van der Waals surface area contributed by atoms with Crippen LogP contribution in [0.25, 0.3) is 0 Å². The molecule has 0 spiro atoms. The Kier molecular flexibility index (Phi) is 7.15. The molecule has 24 heavy (non-hydrogen) atoms. The van der Waals surface area contributed by atoms with E-state index in [1.165, 1.54) is 19.3 Å². The van der Waals surface area contributed by atoms with Crippen LogP contribution in [-0.2, 0) is 4.79 Å². The van der Waals surface area contributed by atoms with Crippen LogP contribution in [0.15, 0.2) is 18.2 Å². The third-order valence-corrected chi connectivity index (χ3v) is 4.28. The van der Waals surface area contributed by atoms with Crippen LogP contribution in [0.4, 0.5) is 8.78 Å². The molecule has 0 aliphatic heterocycles. The molecule has 0 radical (unpaired) electrons. The van der Waals surface area contributed by atoms with Gasteiger partial charge in [-0.2, -0.15) is 0 Å². The molecule has 4 nitrogen and oxygen atoms in total. The minimum absolute atomic E-state index is 0.111. The number of amides is 2. The first-order valence-electron chi connectivity index (χ1n) is 8.59. The van der Waals surface area contributed by atoms with Crippen LogP contribution in [0.5, 0.6) is 0 Å². The Morgan fingerprint density at radius 3 is 2.38 bits per heavy atom. The average molecular weight is 338 g/mol. The van der Waals surface area contributed by atoms with Crippen LogP contribution in [0.3, 0.4) is 0 Å². The van der Waals surface area contributed by atoms with Gasteiger partial charge in [0.1, 0.15) is 11.6 Å². The van der Waals surface area contributed by atoms with Crippen molar-refractivity contribution in [3.63, 3.8) is 0 Å². The van der Waals surface area contributed by atoms with Gasteiger partial charge in [0, 0.05) is 25.1 Å². The highest BCUT2D eigenvalue weighted by atomic mass is 19.1. The summed E-state index contributed by atoms with van der Waals surface area (Å²) in [6, 6.07) is 2.99. The maximum atomic E-state index is 13.5. The monoisotopic (exact) mass is 338 g/mol. The van der Waals surface area contributed by atoms with Crippen molar-refractivity contribution in [2.75, 3.05) is 6.54 Å². The molecule has 1 aromatic rings.